The molecule has 0 unspecified atom stereocenters. The van der Waals surface area contributed by atoms with E-state index in [4.69, 9.17) is 9.47 Å². The average molecular weight is 374 g/mol. The van der Waals surface area contributed by atoms with Gasteiger partial charge in [0, 0.05) is 11.1 Å². The van der Waals surface area contributed by atoms with Crippen molar-refractivity contribution in [1.82, 2.24) is 0 Å². The predicted octanol–water partition coefficient (Wildman–Crippen LogP) is 6.59. The Kier molecular flexibility index (Phi) is 5.84. The zero-order valence-electron chi connectivity index (χ0n) is 16.9. The molecule has 0 aromatic heterocycles. The first-order chi connectivity index (χ1) is 13.4. The van der Waals surface area contributed by atoms with Crippen LogP contribution >= 0.6 is 0 Å². The number of hydrogen-bond acceptors (Lipinski definition) is 3. The van der Waals surface area contributed by atoms with Gasteiger partial charge in [-0.2, -0.15) is 0 Å². The summed E-state index contributed by atoms with van der Waals surface area (Å²) in [5, 5.41) is 0. The highest BCUT2D eigenvalue weighted by molar-refractivity contribution is 6.09. The Bertz CT molecular complexity index is 921. The van der Waals surface area contributed by atoms with E-state index in [2.05, 4.69) is 20.8 Å². The third-order valence-electron chi connectivity index (χ3n) is 4.74. The molecule has 3 nitrogen and oxygen atoms in total. The van der Waals surface area contributed by atoms with Crippen molar-refractivity contribution in [3.05, 3.63) is 89.5 Å². The van der Waals surface area contributed by atoms with E-state index in [9.17, 15) is 4.79 Å². The molecule has 144 valence electrons. The van der Waals surface area contributed by atoms with E-state index in [0.29, 0.717) is 16.9 Å². The Morgan fingerprint density at radius 3 is 1.68 bits per heavy atom. The van der Waals surface area contributed by atoms with Crippen LogP contribution in [0.5, 0.6) is 17.2 Å². The van der Waals surface area contributed by atoms with Crippen LogP contribution in [0.2, 0.25) is 0 Å². The minimum Gasteiger partial charge on any atom is -0.488 e. The molecule has 0 saturated carbocycles. The Morgan fingerprint density at radius 1 is 0.750 bits per heavy atom. The summed E-state index contributed by atoms with van der Waals surface area (Å²) < 4.78 is 11.8. The maximum atomic E-state index is 12.5. The highest BCUT2D eigenvalue weighted by Gasteiger charge is 2.16. The first-order valence-corrected chi connectivity index (χ1v) is 9.55. The summed E-state index contributed by atoms with van der Waals surface area (Å²) in [5.41, 5.74) is 2.27. The van der Waals surface area contributed by atoms with E-state index in [-0.39, 0.29) is 11.4 Å². The quantitative estimate of drug-likeness (QED) is 0.438. The van der Waals surface area contributed by atoms with E-state index in [1.165, 1.54) is 0 Å². The second-order valence-electron chi connectivity index (χ2n) is 7.51. The normalized spacial score (nSPS) is 11.1. The third kappa shape index (κ3) is 5.01. The lowest BCUT2D eigenvalue weighted by molar-refractivity contribution is 0.103. The van der Waals surface area contributed by atoms with Gasteiger partial charge in [0.05, 0.1) is 0 Å². The van der Waals surface area contributed by atoms with Crippen LogP contribution in [0.25, 0.3) is 0 Å². The predicted molar refractivity (Wildman–Crippen MR) is 113 cm³/mol. The fourth-order valence-electron chi connectivity index (χ4n) is 2.65. The molecule has 3 rings (SSSR count). The maximum absolute atomic E-state index is 12.5. The van der Waals surface area contributed by atoms with Crippen molar-refractivity contribution in [2.45, 2.75) is 39.7 Å². The SMILES string of the molecule is CCC(C)(C)Oc1ccc(Oc2ccc(C(=O)c3ccc(C)cc3)cc2)cc1. The smallest absolute Gasteiger partial charge is 0.193 e. The molecule has 0 aliphatic heterocycles. The number of hydrogen-bond donors (Lipinski definition) is 0. The Morgan fingerprint density at radius 2 is 1.18 bits per heavy atom. The summed E-state index contributed by atoms with van der Waals surface area (Å²) in [6, 6.07) is 22.4. The van der Waals surface area contributed by atoms with Gasteiger partial charge in [-0.1, -0.05) is 36.8 Å². The molecule has 3 aromatic rings. The topological polar surface area (TPSA) is 35.5 Å². The second kappa shape index (κ2) is 8.30. The molecule has 0 saturated heterocycles. The fourth-order valence-corrected chi connectivity index (χ4v) is 2.65. The summed E-state index contributed by atoms with van der Waals surface area (Å²) in [5.74, 6) is 2.23. The van der Waals surface area contributed by atoms with Gasteiger partial charge in [0.25, 0.3) is 0 Å². The number of aryl methyl sites for hydroxylation is 1. The highest BCUT2D eigenvalue weighted by atomic mass is 16.5. The number of carbonyl (C=O) groups is 1. The molecule has 0 aliphatic rings. The molecule has 0 radical (unpaired) electrons. The van der Waals surface area contributed by atoms with Crippen LogP contribution in [-0.4, -0.2) is 11.4 Å². The van der Waals surface area contributed by atoms with Crippen LogP contribution in [0.1, 0.15) is 48.7 Å². The van der Waals surface area contributed by atoms with E-state index in [1.807, 2.05) is 67.6 Å². The second-order valence-corrected chi connectivity index (χ2v) is 7.51. The molecule has 0 bridgehead atoms. The molecule has 0 atom stereocenters. The molecular weight excluding hydrogens is 348 g/mol. The van der Waals surface area contributed by atoms with Crippen molar-refractivity contribution in [1.29, 1.82) is 0 Å². The Hall–Kier alpha value is -3.07. The first kappa shape index (κ1) is 19.7. The lowest BCUT2D eigenvalue weighted by Gasteiger charge is -2.24. The van der Waals surface area contributed by atoms with E-state index >= 15 is 0 Å². The molecular formula is C25H26O3. The van der Waals surface area contributed by atoms with Gasteiger partial charge in [0.2, 0.25) is 0 Å². The van der Waals surface area contributed by atoms with Crippen LogP contribution in [0.15, 0.2) is 72.8 Å². The maximum Gasteiger partial charge on any atom is 0.193 e. The van der Waals surface area contributed by atoms with Crippen LogP contribution in [0.4, 0.5) is 0 Å². The van der Waals surface area contributed by atoms with E-state index < -0.39 is 0 Å². The molecule has 28 heavy (non-hydrogen) atoms. The Labute approximate surface area is 166 Å². The minimum atomic E-state index is -0.192. The molecule has 0 spiro atoms. The van der Waals surface area contributed by atoms with Crippen molar-refractivity contribution >= 4 is 5.78 Å². The van der Waals surface area contributed by atoms with Crippen LogP contribution in [-0.2, 0) is 0 Å². The van der Waals surface area contributed by atoms with Gasteiger partial charge in [-0.15, -0.1) is 0 Å². The summed E-state index contributed by atoms with van der Waals surface area (Å²) in [6.45, 7) is 8.24. The standard InChI is InChI=1S/C25H26O3/c1-5-25(3,4)28-23-16-14-22(15-17-23)27-21-12-10-20(11-13-21)24(26)19-8-6-18(2)7-9-19/h6-17H,5H2,1-4H3. The highest BCUT2D eigenvalue weighted by Crippen LogP contribution is 2.27. The molecule has 3 aromatic carbocycles. The van der Waals surface area contributed by atoms with Crippen molar-refractivity contribution in [3.8, 4) is 17.2 Å². The first-order valence-electron chi connectivity index (χ1n) is 9.55. The number of ether oxygens (including phenoxy) is 2. The van der Waals surface area contributed by atoms with Crippen molar-refractivity contribution in [2.75, 3.05) is 0 Å². The monoisotopic (exact) mass is 374 g/mol. The van der Waals surface area contributed by atoms with Crippen molar-refractivity contribution in [2.24, 2.45) is 0 Å². The van der Waals surface area contributed by atoms with Gasteiger partial charge in [-0.05, 0) is 75.7 Å². The van der Waals surface area contributed by atoms with Crippen molar-refractivity contribution in [3.63, 3.8) is 0 Å². The third-order valence-corrected chi connectivity index (χ3v) is 4.74. The van der Waals surface area contributed by atoms with Gasteiger partial charge in [0.1, 0.15) is 22.8 Å². The van der Waals surface area contributed by atoms with Gasteiger partial charge in [-0.25, -0.2) is 0 Å². The largest absolute Gasteiger partial charge is 0.488 e. The van der Waals surface area contributed by atoms with Gasteiger partial charge >= 0.3 is 0 Å². The van der Waals surface area contributed by atoms with Crippen LogP contribution in [0, 0.1) is 6.92 Å². The number of rotatable bonds is 7. The number of carbonyl (C=O) groups excluding carboxylic acids is 1. The summed E-state index contributed by atoms with van der Waals surface area (Å²) in [4.78, 5) is 12.5. The lowest BCUT2D eigenvalue weighted by atomic mass is 10.0. The molecule has 0 N–H and O–H groups in total. The molecule has 0 aliphatic carbocycles. The number of benzene rings is 3. The molecule has 0 heterocycles. The zero-order chi connectivity index (χ0) is 20.1. The lowest BCUT2D eigenvalue weighted by Crippen LogP contribution is -2.26. The molecule has 3 heteroatoms. The molecule has 0 amide bonds. The van der Waals surface area contributed by atoms with E-state index in [0.717, 1.165) is 23.5 Å². The average Bonchev–Trinajstić information content (AvgIpc) is 2.70. The van der Waals surface area contributed by atoms with E-state index in [1.54, 1.807) is 12.1 Å². The minimum absolute atomic E-state index is 0.00610. The summed E-state index contributed by atoms with van der Waals surface area (Å²) in [7, 11) is 0. The van der Waals surface area contributed by atoms with Crippen LogP contribution < -0.4 is 9.47 Å². The Balaban J connectivity index is 1.65. The molecule has 0 fully saturated rings. The van der Waals surface area contributed by atoms with Crippen molar-refractivity contribution < 1.29 is 14.3 Å². The fraction of sp³-hybridized carbons (Fsp3) is 0.240. The summed E-state index contributed by atoms with van der Waals surface area (Å²) in [6.07, 6.45) is 0.929. The van der Waals surface area contributed by atoms with Crippen LogP contribution in [0.3, 0.4) is 0 Å². The zero-order valence-corrected chi connectivity index (χ0v) is 16.9. The van der Waals surface area contributed by atoms with Gasteiger partial charge in [-0.3, -0.25) is 4.79 Å². The van der Waals surface area contributed by atoms with Gasteiger partial charge in [0.15, 0.2) is 5.78 Å². The number of ketones is 1. The van der Waals surface area contributed by atoms with Gasteiger partial charge < -0.3 is 9.47 Å². The summed E-state index contributed by atoms with van der Waals surface area (Å²) >= 11 is 0.